The molecule has 1 aromatic carbocycles. The number of thiazole rings is 1. The number of nitrogens with zero attached hydrogens (tertiary/aromatic N) is 1. The van der Waals surface area contributed by atoms with Gasteiger partial charge in [0, 0.05) is 11.4 Å². The quantitative estimate of drug-likeness (QED) is 0.799. The predicted molar refractivity (Wildman–Crippen MR) is 89.9 cm³/mol. The van der Waals surface area contributed by atoms with E-state index in [0.717, 1.165) is 22.7 Å². The van der Waals surface area contributed by atoms with Crippen LogP contribution in [-0.4, -0.2) is 24.2 Å². The summed E-state index contributed by atoms with van der Waals surface area (Å²) in [5.74, 6) is 0.851. The molecule has 2 aromatic rings. The number of rotatable bonds is 6. The second-order valence-electron chi connectivity index (χ2n) is 5.06. The van der Waals surface area contributed by atoms with E-state index >= 15 is 0 Å². The van der Waals surface area contributed by atoms with Gasteiger partial charge < -0.3 is 10.1 Å². The molecule has 0 spiro atoms. The number of aryl methyl sites for hydroxylation is 3. The molecule has 1 aromatic heterocycles. The number of aromatic nitrogens is 1. The van der Waals surface area contributed by atoms with Crippen LogP contribution in [-0.2, 0) is 0 Å². The average molecular weight is 319 g/mol. The number of urea groups is 1. The molecule has 6 heteroatoms. The van der Waals surface area contributed by atoms with Crippen molar-refractivity contribution in [2.45, 2.75) is 27.2 Å². The Morgan fingerprint density at radius 3 is 2.59 bits per heavy atom. The van der Waals surface area contributed by atoms with E-state index < -0.39 is 0 Å². The van der Waals surface area contributed by atoms with E-state index in [1.54, 1.807) is 0 Å². The van der Waals surface area contributed by atoms with E-state index in [1.807, 2.05) is 45.0 Å². The molecule has 0 aliphatic heterocycles. The van der Waals surface area contributed by atoms with Crippen LogP contribution in [0.1, 0.15) is 22.6 Å². The highest BCUT2D eigenvalue weighted by Gasteiger charge is 2.06. The summed E-state index contributed by atoms with van der Waals surface area (Å²) in [7, 11) is 0. The van der Waals surface area contributed by atoms with Crippen molar-refractivity contribution in [3.05, 3.63) is 40.4 Å². The number of hydrogen-bond acceptors (Lipinski definition) is 4. The Balaban J connectivity index is 1.62. The Morgan fingerprint density at radius 1 is 1.23 bits per heavy atom. The highest BCUT2D eigenvalue weighted by atomic mass is 32.1. The lowest BCUT2D eigenvalue weighted by Crippen LogP contribution is -2.30. The van der Waals surface area contributed by atoms with E-state index in [4.69, 9.17) is 4.74 Å². The van der Waals surface area contributed by atoms with Crippen LogP contribution in [0.25, 0.3) is 0 Å². The van der Waals surface area contributed by atoms with Crippen molar-refractivity contribution in [1.82, 2.24) is 10.3 Å². The topological polar surface area (TPSA) is 63.2 Å². The van der Waals surface area contributed by atoms with Gasteiger partial charge in [-0.1, -0.05) is 17.7 Å². The standard InChI is InChI=1S/C16H21N3O2S/c1-11-5-7-14(8-6-11)21-10-4-9-17-15(20)19-16-18-12(2)13(3)22-16/h5-8H,4,9-10H2,1-3H3,(H2,17,18,19,20). The molecule has 118 valence electrons. The molecule has 0 radical (unpaired) electrons. The maximum atomic E-state index is 11.7. The van der Waals surface area contributed by atoms with Gasteiger partial charge >= 0.3 is 6.03 Å². The molecule has 2 rings (SSSR count). The predicted octanol–water partition coefficient (Wildman–Crippen LogP) is 3.66. The molecule has 2 N–H and O–H groups in total. The Morgan fingerprint density at radius 2 is 1.95 bits per heavy atom. The van der Waals surface area contributed by atoms with E-state index in [2.05, 4.69) is 15.6 Å². The molecular formula is C16H21N3O2S. The molecular weight excluding hydrogens is 298 g/mol. The van der Waals surface area contributed by atoms with Crippen LogP contribution in [0.4, 0.5) is 9.93 Å². The number of ether oxygens (including phenoxy) is 1. The molecule has 2 amide bonds. The summed E-state index contributed by atoms with van der Waals surface area (Å²) in [5.41, 5.74) is 2.16. The highest BCUT2D eigenvalue weighted by molar-refractivity contribution is 7.15. The van der Waals surface area contributed by atoms with Gasteiger partial charge in [0.05, 0.1) is 12.3 Å². The fraction of sp³-hybridized carbons (Fsp3) is 0.375. The smallest absolute Gasteiger partial charge is 0.321 e. The van der Waals surface area contributed by atoms with Crippen molar-refractivity contribution in [2.24, 2.45) is 0 Å². The van der Waals surface area contributed by atoms with Crippen LogP contribution >= 0.6 is 11.3 Å². The molecule has 0 saturated heterocycles. The summed E-state index contributed by atoms with van der Waals surface area (Å²) in [6.07, 6.45) is 0.747. The number of carbonyl (C=O) groups excluding carboxylic acids is 1. The van der Waals surface area contributed by atoms with Gasteiger partial charge in [0.25, 0.3) is 0 Å². The maximum absolute atomic E-state index is 11.7. The Bertz CT molecular complexity index is 603. The number of anilines is 1. The average Bonchev–Trinajstić information content (AvgIpc) is 2.78. The summed E-state index contributed by atoms with van der Waals surface area (Å²) in [5, 5.41) is 6.15. The maximum Gasteiger partial charge on any atom is 0.321 e. The van der Waals surface area contributed by atoms with Gasteiger partial charge in [-0.3, -0.25) is 5.32 Å². The second-order valence-corrected chi connectivity index (χ2v) is 6.26. The molecule has 0 unspecified atom stereocenters. The normalized spacial score (nSPS) is 10.3. The van der Waals surface area contributed by atoms with Gasteiger partial charge in [0.2, 0.25) is 0 Å². The fourth-order valence-electron chi connectivity index (χ4n) is 1.77. The van der Waals surface area contributed by atoms with Gasteiger partial charge in [-0.25, -0.2) is 9.78 Å². The van der Waals surface area contributed by atoms with Crippen LogP contribution in [0.5, 0.6) is 5.75 Å². The lowest BCUT2D eigenvalue weighted by atomic mass is 10.2. The molecule has 0 atom stereocenters. The summed E-state index contributed by atoms with van der Waals surface area (Å²) >= 11 is 1.48. The van der Waals surface area contributed by atoms with E-state index in [9.17, 15) is 4.79 Å². The zero-order chi connectivity index (χ0) is 15.9. The Hall–Kier alpha value is -2.08. The highest BCUT2D eigenvalue weighted by Crippen LogP contribution is 2.20. The van der Waals surface area contributed by atoms with Crippen LogP contribution in [0, 0.1) is 20.8 Å². The first-order valence-electron chi connectivity index (χ1n) is 7.23. The summed E-state index contributed by atoms with van der Waals surface area (Å²) in [4.78, 5) is 17.1. The molecule has 0 aliphatic carbocycles. The summed E-state index contributed by atoms with van der Waals surface area (Å²) in [6, 6.07) is 7.69. The van der Waals surface area contributed by atoms with Gasteiger partial charge in [-0.05, 0) is 39.3 Å². The summed E-state index contributed by atoms with van der Waals surface area (Å²) < 4.78 is 5.60. The SMILES string of the molecule is Cc1ccc(OCCCNC(=O)Nc2nc(C)c(C)s2)cc1. The third-order valence-corrected chi connectivity index (χ3v) is 4.13. The van der Waals surface area contributed by atoms with Crippen LogP contribution < -0.4 is 15.4 Å². The minimum atomic E-state index is -0.232. The summed E-state index contributed by atoms with van der Waals surface area (Å²) in [6.45, 7) is 7.08. The van der Waals surface area contributed by atoms with Crippen molar-refractivity contribution in [2.75, 3.05) is 18.5 Å². The van der Waals surface area contributed by atoms with Gasteiger partial charge in [-0.2, -0.15) is 0 Å². The number of hydrogen-bond donors (Lipinski definition) is 2. The first kappa shape index (κ1) is 16.3. The number of nitrogens with one attached hydrogen (secondary N) is 2. The van der Waals surface area contributed by atoms with Gasteiger partial charge in [0.1, 0.15) is 5.75 Å². The third kappa shape index (κ3) is 5.04. The minimum Gasteiger partial charge on any atom is -0.494 e. The van der Waals surface area contributed by atoms with Crippen LogP contribution in [0.2, 0.25) is 0 Å². The zero-order valence-electron chi connectivity index (χ0n) is 13.1. The van der Waals surface area contributed by atoms with E-state index in [0.29, 0.717) is 18.3 Å². The van der Waals surface area contributed by atoms with Crippen molar-refractivity contribution in [3.8, 4) is 5.75 Å². The van der Waals surface area contributed by atoms with Crippen molar-refractivity contribution >= 4 is 22.5 Å². The first-order valence-corrected chi connectivity index (χ1v) is 8.04. The van der Waals surface area contributed by atoms with Crippen LogP contribution in [0.15, 0.2) is 24.3 Å². The molecule has 0 aliphatic rings. The van der Waals surface area contributed by atoms with E-state index in [1.165, 1.54) is 16.9 Å². The zero-order valence-corrected chi connectivity index (χ0v) is 13.9. The molecule has 5 nitrogen and oxygen atoms in total. The Labute approximate surface area is 134 Å². The first-order chi connectivity index (χ1) is 10.5. The number of benzene rings is 1. The number of amides is 2. The number of carbonyl (C=O) groups is 1. The minimum absolute atomic E-state index is 0.232. The van der Waals surface area contributed by atoms with Crippen molar-refractivity contribution in [3.63, 3.8) is 0 Å². The molecule has 1 heterocycles. The molecule has 0 bridgehead atoms. The monoisotopic (exact) mass is 319 g/mol. The molecule has 22 heavy (non-hydrogen) atoms. The molecule has 0 saturated carbocycles. The Kier molecular flexibility index (Phi) is 5.77. The van der Waals surface area contributed by atoms with Crippen LogP contribution in [0.3, 0.4) is 0 Å². The fourth-order valence-corrected chi connectivity index (χ4v) is 2.58. The third-order valence-electron chi connectivity index (χ3n) is 3.15. The molecule has 0 fully saturated rings. The lowest BCUT2D eigenvalue weighted by Gasteiger charge is -2.07. The van der Waals surface area contributed by atoms with Crippen molar-refractivity contribution < 1.29 is 9.53 Å². The van der Waals surface area contributed by atoms with Gasteiger partial charge in [0.15, 0.2) is 5.13 Å². The van der Waals surface area contributed by atoms with Crippen molar-refractivity contribution in [1.29, 1.82) is 0 Å². The van der Waals surface area contributed by atoms with Gasteiger partial charge in [-0.15, -0.1) is 11.3 Å². The second kappa shape index (κ2) is 7.79. The lowest BCUT2D eigenvalue weighted by molar-refractivity contribution is 0.250. The van der Waals surface area contributed by atoms with E-state index in [-0.39, 0.29) is 6.03 Å². The largest absolute Gasteiger partial charge is 0.494 e.